The number of likely N-dealkylation sites (tertiary alicyclic amines) is 1. The van der Waals surface area contributed by atoms with Gasteiger partial charge in [0, 0.05) is 17.1 Å². The number of aliphatic hydroxyl groups is 1. The van der Waals surface area contributed by atoms with Crippen LogP contribution in [-0.4, -0.2) is 40.0 Å². The van der Waals surface area contributed by atoms with E-state index in [1.807, 2.05) is 13.8 Å². The number of ether oxygens (including phenoxy) is 1. The van der Waals surface area contributed by atoms with Gasteiger partial charge < -0.3 is 19.8 Å². The van der Waals surface area contributed by atoms with Gasteiger partial charge in [0.05, 0.1) is 18.2 Å². The van der Waals surface area contributed by atoms with Crippen LogP contribution in [0.1, 0.15) is 37.9 Å². The van der Waals surface area contributed by atoms with Crippen molar-refractivity contribution >= 4 is 29.1 Å². The first kappa shape index (κ1) is 21.7. The number of hydrogen-bond donors (Lipinski definition) is 2. The summed E-state index contributed by atoms with van der Waals surface area (Å²) in [5, 5.41) is 21.5. The average molecular weight is 430 g/mol. The molecule has 2 aromatic carbocycles. The van der Waals surface area contributed by atoms with Crippen LogP contribution in [0.2, 0.25) is 5.02 Å². The molecule has 7 heteroatoms. The molecule has 0 spiro atoms. The molecule has 30 heavy (non-hydrogen) atoms. The predicted octanol–water partition coefficient (Wildman–Crippen LogP) is 4.52. The summed E-state index contributed by atoms with van der Waals surface area (Å²) >= 11 is 5.93. The zero-order valence-electron chi connectivity index (χ0n) is 17.1. The first-order valence-electron chi connectivity index (χ1n) is 9.74. The average Bonchev–Trinajstić information content (AvgIpc) is 2.94. The molecule has 0 saturated carbocycles. The third-order valence-electron chi connectivity index (χ3n) is 4.82. The molecule has 1 amide bonds. The molecule has 6 nitrogen and oxygen atoms in total. The van der Waals surface area contributed by atoms with Crippen LogP contribution in [0.3, 0.4) is 0 Å². The number of halogens is 1. The quantitative estimate of drug-likeness (QED) is 0.400. The number of Topliss-reactive ketones (excluding diaryl/α,β-unsaturated/α-hetero) is 1. The summed E-state index contributed by atoms with van der Waals surface area (Å²) in [5.74, 6) is -1.39. The van der Waals surface area contributed by atoms with E-state index < -0.39 is 17.7 Å². The Kier molecular flexibility index (Phi) is 6.37. The SMILES string of the molecule is CCOc1cc(C2/C(=C(/O)c3ccc(Cl)cc3)C(=O)C(=O)N2CC(C)C)ccc1O. The van der Waals surface area contributed by atoms with Crippen molar-refractivity contribution in [1.29, 1.82) is 0 Å². The van der Waals surface area contributed by atoms with E-state index >= 15 is 0 Å². The first-order valence-corrected chi connectivity index (χ1v) is 10.1. The highest BCUT2D eigenvalue weighted by molar-refractivity contribution is 6.46. The topological polar surface area (TPSA) is 87.1 Å². The van der Waals surface area contributed by atoms with Gasteiger partial charge in [-0.3, -0.25) is 9.59 Å². The molecular weight excluding hydrogens is 406 g/mol. The lowest BCUT2D eigenvalue weighted by Gasteiger charge is -2.27. The highest BCUT2D eigenvalue weighted by Crippen LogP contribution is 2.42. The monoisotopic (exact) mass is 429 g/mol. The van der Waals surface area contributed by atoms with E-state index in [2.05, 4.69) is 0 Å². The number of phenolic OH excluding ortho intramolecular Hbond substituents is 1. The highest BCUT2D eigenvalue weighted by Gasteiger charge is 2.46. The molecule has 1 aliphatic rings. The fraction of sp³-hybridized carbons (Fsp3) is 0.304. The van der Waals surface area contributed by atoms with Crippen molar-refractivity contribution in [2.24, 2.45) is 5.92 Å². The van der Waals surface area contributed by atoms with Gasteiger partial charge in [0.25, 0.3) is 11.7 Å². The molecule has 2 aromatic rings. The summed E-state index contributed by atoms with van der Waals surface area (Å²) in [5.41, 5.74) is 0.943. The van der Waals surface area contributed by atoms with E-state index in [1.165, 1.54) is 11.0 Å². The van der Waals surface area contributed by atoms with E-state index in [0.29, 0.717) is 29.3 Å². The molecule has 1 saturated heterocycles. The second kappa shape index (κ2) is 8.79. The number of benzene rings is 2. The Labute approximate surface area is 180 Å². The van der Waals surface area contributed by atoms with Gasteiger partial charge in [-0.25, -0.2) is 0 Å². The minimum atomic E-state index is -0.803. The van der Waals surface area contributed by atoms with Crippen molar-refractivity contribution in [3.05, 3.63) is 64.2 Å². The molecule has 0 bridgehead atoms. The second-order valence-corrected chi connectivity index (χ2v) is 7.95. The maximum Gasteiger partial charge on any atom is 0.295 e. The predicted molar refractivity (Wildman–Crippen MR) is 115 cm³/mol. The Morgan fingerprint density at radius 3 is 2.43 bits per heavy atom. The van der Waals surface area contributed by atoms with Crippen LogP contribution in [0.25, 0.3) is 5.76 Å². The lowest BCUT2D eigenvalue weighted by atomic mass is 9.94. The number of aromatic hydroxyl groups is 1. The largest absolute Gasteiger partial charge is 0.507 e. The number of phenols is 1. The first-order chi connectivity index (χ1) is 14.2. The molecule has 0 aliphatic carbocycles. The van der Waals surface area contributed by atoms with E-state index in [4.69, 9.17) is 16.3 Å². The van der Waals surface area contributed by atoms with Crippen molar-refractivity contribution in [3.8, 4) is 11.5 Å². The van der Waals surface area contributed by atoms with Crippen LogP contribution in [-0.2, 0) is 9.59 Å². The number of rotatable bonds is 6. The van der Waals surface area contributed by atoms with Crippen LogP contribution < -0.4 is 4.74 Å². The summed E-state index contributed by atoms with van der Waals surface area (Å²) in [4.78, 5) is 27.2. The Balaban J connectivity index is 2.20. The van der Waals surface area contributed by atoms with Crippen molar-refractivity contribution in [2.45, 2.75) is 26.8 Å². The fourth-order valence-electron chi connectivity index (χ4n) is 3.54. The Morgan fingerprint density at radius 2 is 1.83 bits per heavy atom. The number of ketones is 1. The standard InChI is InChI=1S/C23H24ClNO5/c1-4-30-18-11-15(7-10-17(18)26)20-19(21(27)14-5-8-16(24)9-6-14)22(28)23(29)25(20)12-13(2)3/h5-11,13,20,26-27H,4,12H2,1-3H3/b21-19-. The number of nitrogens with zero attached hydrogens (tertiary/aromatic N) is 1. The molecule has 1 fully saturated rings. The van der Waals surface area contributed by atoms with Gasteiger partial charge in [-0.05, 0) is 54.8 Å². The number of carbonyl (C=O) groups excluding carboxylic acids is 2. The van der Waals surface area contributed by atoms with Crippen molar-refractivity contribution in [2.75, 3.05) is 13.2 Å². The molecule has 2 N–H and O–H groups in total. The maximum atomic E-state index is 12.9. The third kappa shape index (κ3) is 4.14. The van der Waals surface area contributed by atoms with Gasteiger partial charge in [-0.15, -0.1) is 0 Å². The zero-order valence-corrected chi connectivity index (χ0v) is 17.8. The number of amides is 1. The minimum Gasteiger partial charge on any atom is -0.507 e. The lowest BCUT2D eigenvalue weighted by Crippen LogP contribution is -2.33. The fourth-order valence-corrected chi connectivity index (χ4v) is 3.67. The van der Waals surface area contributed by atoms with Gasteiger partial charge in [-0.2, -0.15) is 0 Å². The minimum absolute atomic E-state index is 0.00360. The molecule has 0 radical (unpaired) electrons. The Hall–Kier alpha value is -2.99. The summed E-state index contributed by atoms with van der Waals surface area (Å²) in [6.07, 6.45) is 0. The van der Waals surface area contributed by atoms with Crippen LogP contribution in [0.15, 0.2) is 48.0 Å². The van der Waals surface area contributed by atoms with Crippen LogP contribution in [0, 0.1) is 5.92 Å². The van der Waals surface area contributed by atoms with E-state index in [1.54, 1.807) is 43.3 Å². The molecule has 1 atom stereocenters. The summed E-state index contributed by atoms with van der Waals surface area (Å²) in [6.45, 7) is 6.35. The van der Waals surface area contributed by atoms with E-state index in [9.17, 15) is 19.8 Å². The zero-order chi connectivity index (χ0) is 22.0. The third-order valence-corrected chi connectivity index (χ3v) is 5.07. The normalized spacial score (nSPS) is 18.3. The molecule has 1 heterocycles. The maximum absolute atomic E-state index is 12.9. The number of hydrogen-bond acceptors (Lipinski definition) is 5. The highest BCUT2D eigenvalue weighted by atomic mass is 35.5. The molecule has 0 aromatic heterocycles. The van der Waals surface area contributed by atoms with E-state index in [0.717, 1.165) is 0 Å². The van der Waals surface area contributed by atoms with Gasteiger partial charge >= 0.3 is 0 Å². The second-order valence-electron chi connectivity index (χ2n) is 7.51. The summed E-state index contributed by atoms with van der Waals surface area (Å²) in [7, 11) is 0. The van der Waals surface area contributed by atoms with Crippen LogP contribution >= 0.6 is 11.6 Å². The van der Waals surface area contributed by atoms with Crippen molar-refractivity contribution in [1.82, 2.24) is 4.90 Å². The van der Waals surface area contributed by atoms with Gasteiger partial charge in [0.15, 0.2) is 11.5 Å². The van der Waals surface area contributed by atoms with Crippen molar-refractivity contribution in [3.63, 3.8) is 0 Å². The smallest absolute Gasteiger partial charge is 0.295 e. The molecule has 158 valence electrons. The summed E-state index contributed by atoms with van der Waals surface area (Å²) < 4.78 is 5.47. The van der Waals surface area contributed by atoms with Gasteiger partial charge in [0.2, 0.25) is 0 Å². The summed E-state index contributed by atoms with van der Waals surface area (Å²) in [6, 6.07) is 10.3. The van der Waals surface area contributed by atoms with Gasteiger partial charge in [-0.1, -0.05) is 31.5 Å². The van der Waals surface area contributed by atoms with Crippen LogP contribution in [0.4, 0.5) is 0 Å². The number of carbonyl (C=O) groups is 2. The Bertz CT molecular complexity index is 997. The Morgan fingerprint density at radius 1 is 1.17 bits per heavy atom. The van der Waals surface area contributed by atoms with Crippen LogP contribution in [0.5, 0.6) is 11.5 Å². The molecule has 1 aliphatic heterocycles. The van der Waals surface area contributed by atoms with Crippen molar-refractivity contribution < 1.29 is 24.5 Å². The lowest BCUT2D eigenvalue weighted by molar-refractivity contribution is -0.140. The number of aliphatic hydroxyl groups excluding tert-OH is 1. The molecule has 3 rings (SSSR count). The molecular formula is C23H24ClNO5. The molecule has 1 unspecified atom stereocenters. The van der Waals surface area contributed by atoms with Gasteiger partial charge in [0.1, 0.15) is 5.76 Å². The van der Waals surface area contributed by atoms with E-state index in [-0.39, 0.29) is 28.7 Å².